The molecule has 0 unspecified atom stereocenters. The highest BCUT2D eigenvalue weighted by atomic mass is 35.5. The lowest BCUT2D eigenvalue weighted by atomic mass is 9.85. The van der Waals surface area contributed by atoms with E-state index in [4.69, 9.17) is 16.3 Å². The monoisotopic (exact) mass is 897 g/mol. The molecule has 2 aromatic heterocycles. The predicted molar refractivity (Wildman–Crippen MR) is 214 cm³/mol. The average Bonchev–Trinajstić information content (AvgIpc) is 4.02. The predicted octanol–water partition coefficient (Wildman–Crippen LogP) is 5.72. The van der Waals surface area contributed by atoms with Gasteiger partial charge in [-0.15, -0.1) is 0 Å². The van der Waals surface area contributed by atoms with Gasteiger partial charge in [-0.25, -0.2) is 22.6 Å². The molecular weight excluding hydrogens is 850 g/mol. The molecule has 61 heavy (non-hydrogen) atoms. The zero-order chi connectivity index (χ0) is 44.6. The molecule has 4 heterocycles. The summed E-state index contributed by atoms with van der Waals surface area (Å²) in [6, 6.07) is 1.43. The van der Waals surface area contributed by atoms with E-state index >= 15 is 4.79 Å². The molecule has 0 radical (unpaired) electrons. The maximum Gasteiger partial charge on any atom is 0.411 e. The Balaban J connectivity index is 1.31. The van der Waals surface area contributed by atoms with E-state index in [1.807, 2.05) is 11.6 Å². The van der Waals surface area contributed by atoms with Gasteiger partial charge in [0.2, 0.25) is 33.5 Å². The van der Waals surface area contributed by atoms with Crippen molar-refractivity contribution in [2.24, 2.45) is 17.8 Å². The summed E-state index contributed by atoms with van der Waals surface area (Å²) in [7, 11) is -4.52. The third-order valence-corrected chi connectivity index (χ3v) is 15.1. The van der Waals surface area contributed by atoms with Gasteiger partial charge in [-0.2, -0.15) is 18.2 Å². The number of carboxylic acid groups (broad SMARTS) is 1. The Bertz CT molecular complexity index is 2430. The largest absolute Gasteiger partial charge is 0.472 e. The number of imidazole rings is 1. The minimum Gasteiger partial charge on any atom is -0.472 e. The fraction of sp³-hybridized carbons (Fsp3) is 0.600. The molecule has 15 nitrogen and oxygen atoms in total. The molecule has 2 saturated carbocycles. The lowest BCUT2D eigenvalue weighted by molar-refractivity contribution is -0.222. The standard InChI is InChI=1S/C40H48ClF4N7O8S/c1-21-8-6-7-9-24-17-39(24,34(55)49-61(58,59)38(20-42)12-13-38)48-31(53)29-16-26(60-32-27-15-25(41)10-11-28(27)51-18-23(3)46-35(51)47-32)19-50(29)33(54)30(22(2)14-21)52(36(56)57)37(4,5)40(43,44)45/h7,9-11,15,18,21-22,24,26,29-30H,6,8,12-14,16-17,19-20H2,1-5H3,(H,48,53)(H,49,55)(H,56,57)/t21-,22-,24-,26-,29+,30+,39-/m1/s1. The van der Waals surface area contributed by atoms with Crippen molar-refractivity contribution in [3.05, 3.63) is 47.3 Å². The Kier molecular flexibility index (Phi) is 11.3. The lowest BCUT2D eigenvalue weighted by Gasteiger charge is -2.45. The molecule has 21 heteroatoms. The van der Waals surface area contributed by atoms with E-state index in [0.29, 0.717) is 48.3 Å². The number of hydrogen-bond acceptors (Lipinski definition) is 9. The number of carbonyl (C=O) groups is 4. The number of benzene rings is 1. The molecule has 4 aliphatic rings. The van der Waals surface area contributed by atoms with Crippen LogP contribution in [0.5, 0.6) is 5.88 Å². The molecular formula is C40H48ClF4N7O8S. The third-order valence-electron chi connectivity index (χ3n) is 12.7. The second-order valence-electron chi connectivity index (χ2n) is 17.6. The van der Waals surface area contributed by atoms with E-state index in [-0.39, 0.29) is 54.6 Å². The number of nitrogens with one attached hydrogen (secondary N) is 2. The van der Waals surface area contributed by atoms with E-state index in [2.05, 4.69) is 15.3 Å². The van der Waals surface area contributed by atoms with Crippen LogP contribution in [0.4, 0.5) is 22.4 Å². The second-order valence-corrected chi connectivity index (χ2v) is 20.1. The van der Waals surface area contributed by atoms with Crippen LogP contribution in [-0.2, 0) is 24.4 Å². The molecule has 2 aliphatic carbocycles. The molecule has 3 N–H and O–H groups in total. The summed E-state index contributed by atoms with van der Waals surface area (Å²) in [6.45, 7) is 4.74. The summed E-state index contributed by atoms with van der Waals surface area (Å²) in [5.74, 6) is -4.88. The van der Waals surface area contributed by atoms with Crippen molar-refractivity contribution in [2.75, 3.05) is 13.2 Å². The Morgan fingerprint density at radius 1 is 1.15 bits per heavy atom. The highest BCUT2D eigenvalue weighted by Gasteiger charge is 2.64. The van der Waals surface area contributed by atoms with Crippen LogP contribution in [0.1, 0.15) is 78.3 Å². The molecule has 0 spiro atoms. The van der Waals surface area contributed by atoms with Gasteiger partial charge in [-0.1, -0.05) is 37.6 Å². The third kappa shape index (κ3) is 7.97. The number of nitrogens with zero attached hydrogens (tertiary/aromatic N) is 5. The fourth-order valence-electron chi connectivity index (χ4n) is 8.77. The number of aryl methyl sites for hydroxylation is 1. The number of rotatable bonds is 8. The number of carbonyl (C=O) groups excluding carboxylic acids is 3. The van der Waals surface area contributed by atoms with Crippen LogP contribution in [0.2, 0.25) is 5.02 Å². The van der Waals surface area contributed by atoms with Gasteiger partial charge >= 0.3 is 12.3 Å². The molecule has 0 bridgehead atoms. The van der Waals surface area contributed by atoms with Crippen LogP contribution in [0.25, 0.3) is 16.7 Å². The molecule has 7 atom stereocenters. The van der Waals surface area contributed by atoms with Gasteiger partial charge in [0.1, 0.15) is 40.7 Å². The highest BCUT2D eigenvalue weighted by molar-refractivity contribution is 7.91. The Labute approximate surface area is 354 Å². The summed E-state index contributed by atoms with van der Waals surface area (Å²) in [6.07, 6.45) is -2.46. The van der Waals surface area contributed by atoms with Crippen LogP contribution >= 0.6 is 11.6 Å². The molecule has 3 aromatic rings. The lowest BCUT2D eigenvalue weighted by Crippen LogP contribution is -2.66. The zero-order valence-electron chi connectivity index (χ0n) is 34.1. The molecule has 1 aromatic carbocycles. The highest BCUT2D eigenvalue weighted by Crippen LogP contribution is 2.48. The van der Waals surface area contributed by atoms with Gasteiger partial charge in [0.25, 0.3) is 5.91 Å². The quantitative estimate of drug-likeness (QED) is 0.186. The average molecular weight is 898 g/mol. The smallest absolute Gasteiger partial charge is 0.411 e. The second kappa shape index (κ2) is 15.6. The van der Waals surface area contributed by atoms with Gasteiger partial charge < -0.3 is 20.1 Å². The summed E-state index contributed by atoms with van der Waals surface area (Å²) in [4.78, 5) is 66.8. The molecule has 2 aliphatic heterocycles. The maximum absolute atomic E-state index is 15.1. The fourth-order valence-corrected chi connectivity index (χ4v) is 10.4. The van der Waals surface area contributed by atoms with E-state index in [1.54, 1.807) is 47.9 Å². The molecule has 4 amide bonds. The summed E-state index contributed by atoms with van der Waals surface area (Å²) in [5.41, 5.74) is -3.71. The number of hydrogen-bond donors (Lipinski definition) is 3. The Morgan fingerprint density at radius 2 is 1.85 bits per heavy atom. The number of halogens is 5. The maximum atomic E-state index is 15.1. The number of allylic oxidation sites excluding steroid dienone is 1. The van der Waals surface area contributed by atoms with E-state index < -0.39 is 99.1 Å². The van der Waals surface area contributed by atoms with Crippen molar-refractivity contribution in [1.29, 1.82) is 0 Å². The summed E-state index contributed by atoms with van der Waals surface area (Å²) >= 11 is 6.39. The number of fused-ring (bicyclic) bond motifs is 5. The summed E-state index contributed by atoms with van der Waals surface area (Å²) < 4.78 is 93.0. The molecule has 332 valence electrons. The van der Waals surface area contributed by atoms with Crippen molar-refractivity contribution in [2.45, 2.75) is 120 Å². The normalized spacial score (nSPS) is 28.3. The molecule has 3 fully saturated rings. The number of sulfonamides is 1. The van der Waals surface area contributed by atoms with Crippen molar-refractivity contribution >= 4 is 62.1 Å². The van der Waals surface area contributed by atoms with Crippen LogP contribution < -0.4 is 14.8 Å². The van der Waals surface area contributed by atoms with Crippen molar-refractivity contribution < 1.29 is 55.0 Å². The van der Waals surface area contributed by atoms with Crippen LogP contribution in [-0.4, -0.2) is 115 Å². The van der Waals surface area contributed by atoms with Gasteiger partial charge in [-0.3, -0.25) is 28.4 Å². The van der Waals surface area contributed by atoms with Crippen LogP contribution in [0, 0.1) is 24.7 Å². The first-order valence-corrected chi connectivity index (χ1v) is 21.9. The van der Waals surface area contributed by atoms with E-state index in [0.717, 1.165) is 4.90 Å². The van der Waals surface area contributed by atoms with Gasteiger partial charge in [-0.05, 0) is 89.3 Å². The van der Waals surface area contributed by atoms with Crippen LogP contribution in [0.3, 0.4) is 0 Å². The van der Waals surface area contributed by atoms with Crippen LogP contribution in [0.15, 0.2) is 36.5 Å². The molecule has 1 saturated heterocycles. The minimum atomic E-state index is -5.13. The summed E-state index contributed by atoms with van der Waals surface area (Å²) in [5, 5.41) is 13.9. The number of aromatic nitrogens is 3. The van der Waals surface area contributed by atoms with Gasteiger partial charge in [0, 0.05) is 23.6 Å². The number of ether oxygens (including phenoxy) is 1. The van der Waals surface area contributed by atoms with Crippen molar-refractivity contribution in [1.82, 2.24) is 34.2 Å². The zero-order valence-corrected chi connectivity index (χ0v) is 35.7. The van der Waals surface area contributed by atoms with Gasteiger partial charge in [0.05, 0.1) is 23.1 Å². The first-order chi connectivity index (χ1) is 28.4. The van der Waals surface area contributed by atoms with E-state index in [1.165, 1.54) is 6.92 Å². The first-order valence-electron chi connectivity index (χ1n) is 20.1. The number of alkyl halides is 4. The minimum absolute atomic E-state index is 0.00488. The first kappa shape index (κ1) is 44.3. The van der Waals surface area contributed by atoms with Gasteiger partial charge in [0.15, 0.2) is 0 Å². The molecule has 7 rings (SSSR count). The Morgan fingerprint density at radius 3 is 2.49 bits per heavy atom. The SMILES string of the molecule is Cc1cn2c(n1)nc(O[C@@H]1C[C@H]3C(=O)N[C@]4(C(=O)NS(=O)(=O)C5(CF)CC5)C[C@H]4C=CCC[C@@H](C)C[C@@H](C)[C@H](N(C(=O)O)C(C)(C)C(F)(F)F)C(=O)N3C1)c1cc(Cl)ccc12. The van der Waals surface area contributed by atoms with E-state index in [9.17, 15) is 45.5 Å². The number of amides is 4. The van der Waals surface area contributed by atoms with Crippen molar-refractivity contribution in [3.8, 4) is 5.88 Å². The Hall–Kier alpha value is -4.72. The van der Waals surface area contributed by atoms with Crippen molar-refractivity contribution in [3.63, 3.8) is 0 Å². The topological polar surface area (TPSA) is 193 Å².